The van der Waals surface area contributed by atoms with Gasteiger partial charge < -0.3 is 31.8 Å². The Labute approximate surface area is 101 Å². The van der Waals surface area contributed by atoms with Gasteiger partial charge in [0.25, 0.3) is 0 Å². The van der Waals surface area contributed by atoms with Crippen molar-refractivity contribution in [1.29, 1.82) is 0 Å². The van der Waals surface area contributed by atoms with Gasteiger partial charge in [-0.15, -0.1) is 0 Å². The van der Waals surface area contributed by atoms with Gasteiger partial charge in [-0.1, -0.05) is 0 Å². The molecule has 9 heteroatoms. The minimum Gasteiger partial charge on any atom is -0.381 e. The fourth-order valence-electron chi connectivity index (χ4n) is 1.81. The molecule has 7 N–H and O–H groups in total. The van der Waals surface area contributed by atoms with Gasteiger partial charge in [-0.3, -0.25) is 0 Å². The zero-order valence-corrected chi connectivity index (χ0v) is 10.2. The van der Waals surface area contributed by atoms with Crippen LogP contribution in [0.2, 0.25) is 0 Å². The van der Waals surface area contributed by atoms with Crippen molar-refractivity contribution in [2.75, 3.05) is 34.4 Å². The molecule has 2 atom stereocenters. The van der Waals surface area contributed by atoms with Crippen molar-refractivity contribution >= 4 is 0 Å². The van der Waals surface area contributed by atoms with Crippen molar-refractivity contribution in [2.24, 2.45) is 17.2 Å². The molecule has 0 aromatic heterocycles. The van der Waals surface area contributed by atoms with Crippen LogP contribution in [0.25, 0.3) is 0 Å². The van der Waals surface area contributed by atoms with Gasteiger partial charge in [0.2, 0.25) is 0 Å². The monoisotopic (exact) mass is 250 g/mol. The summed E-state index contributed by atoms with van der Waals surface area (Å²) in [6.07, 6.45) is -1.76. The molecule has 0 saturated carbocycles. The van der Waals surface area contributed by atoms with Crippen molar-refractivity contribution in [1.82, 2.24) is 14.7 Å². The van der Waals surface area contributed by atoms with Crippen molar-refractivity contribution in [2.45, 2.75) is 18.9 Å². The van der Waals surface area contributed by atoms with Gasteiger partial charge in [-0.25, -0.2) is 14.7 Å². The van der Waals surface area contributed by atoms with Crippen molar-refractivity contribution in [3.05, 3.63) is 0 Å². The van der Waals surface area contributed by atoms with E-state index in [2.05, 4.69) is 0 Å². The summed E-state index contributed by atoms with van der Waals surface area (Å²) in [5.74, 6) is 0. The molecule has 1 aliphatic heterocycles. The van der Waals surface area contributed by atoms with E-state index in [1.807, 2.05) is 0 Å². The molecule has 0 aromatic carbocycles. The summed E-state index contributed by atoms with van der Waals surface area (Å²) >= 11 is 0. The number of rotatable bonds is 5. The molecule has 0 amide bonds. The van der Waals surface area contributed by atoms with E-state index in [4.69, 9.17) is 26.7 Å². The number of ether oxygens (including phenoxy) is 2. The van der Waals surface area contributed by atoms with Crippen molar-refractivity contribution in [3.63, 3.8) is 0 Å². The van der Waals surface area contributed by atoms with Crippen LogP contribution in [0, 0.1) is 0 Å². The lowest BCUT2D eigenvalue weighted by atomic mass is 10.4. The zero-order chi connectivity index (χ0) is 13.0. The minimum atomic E-state index is -0.613. The van der Waals surface area contributed by atoms with Crippen LogP contribution in [0.1, 0.15) is 0 Å². The van der Waals surface area contributed by atoms with Crippen LogP contribution in [0.4, 0.5) is 0 Å². The lowest BCUT2D eigenvalue weighted by molar-refractivity contribution is -0.227. The third-order valence-electron chi connectivity index (χ3n) is 2.76. The average Bonchev–Trinajstić information content (AvgIpc) is 2.31. The summed E-state index contributed by atoms with van der Waals surface area (Å²) in [7, 11) is 3.08. The second-order valence-electron chi connectivity index (χ2n) is 3.76. The van der Waals surface area contributed by atoms with E-state index in [1.54, 1.807) is 9.80 Å². The van der Waals surface area contributed by atoms with Crippen LogP contribution >= 0.6 is 0 Å². The summed E-state index contributed by atoms with van der Waals surface area (Å²) in [4.78, 5) is 4.78. The number of aliphatic hydroxyl groups excluding tert-OH is 1. The first-order chi connectivity index (χ1) is 8.08. The third-order valence-corrected chi connectivity index (χ3v) is 2.76. The maximum Gasteiger partial charge on any atom is 0.122 e. The Morgan fingerprint density at radius 1 is 0.882 bits per heavy atom. The standard InChI is InChI=1S/C8H22N6O3/c1-16-4-13-6(9)12(3-15)7(10)14(5-17-2)8(13)11/h6-8,15H,3-5,9-11H2,1-2H3. The molecule has 1 saturated heterocycles. The largest absolute Gasteiger partial charge is 0.381 e. The Balaban J connectivity index is 2.85. The first-order valence-electron chi connectivity index (χ1n) is 5.21. The summed E-state index contributed by atoms with van der Waals surface area (Å²) in [5.41, 5.74) is 17.9. The van der Waals surface area contributed by atoms with E-state index in [0.29, 0.717) is 0 Å². The van der Waals surface area contributed by atoms with E-state index >= 15 is 0 Å². The average molecular weight is 250 g/mol. The van der Waals surface area contributed by atoms with E-state index in [1.165, 1.54) is 19.1 Å². The summed E-state index contributed by atoms with van der Waals surface area (Å²) < 4.78 is 10.1. The Morgan fingerprint density at radius 3 is 1.53 bits per heavy atom. The first-order valence-corrected chi connectivity index (χ1v) is 5.21. The molecule has 0 aliphatic carbocycles. The molecule has 1 heterocycles. The molecule has 0 aromatic rings. The Morgan fingerprint density at radius 2 is 1.24 bits per heavy atom. The molecule has 0 radical (unpaired) electrons. The van der Waals surface area contributed by atoms with Gasteiger partial charge in [-0.05, 0) is 0 Å². The van der Waals surface area contributed by atoms with Gasteiger partial charge in [0.15, 0.2) is 0 Å². The molecule has 17 heavy (non-hydrogen) atoms. The predicted octanol–water partition coefficient (Wildman–Crippen LogP) is -3.21. The van der Waals surface area contributed by atoms with Gasteiger partial charge in [0.05, 0.1) is 0 Å². The first kappa shape index (κ1) is 14.7. The molecule has 1 fully saturated rings. The normalized spacial score (nSPS) is 33.2. The maximum atomic E-state index is 9.28. The van der Waals surface area contributed by atoms with E-state index in [9.17, 15) is 5.11 Å². The van der Waals surface area contributed by atoms with E-state index < -0.39 is 18.9 Å². The highest BCUT2D eigenvalue weighted by Gasteiger charge is 2.41. The maximum absolute atomic E-state index is 9.28. The molecule has 9 nitrogen and oxygen atoms in total. The molecule has 2 unspecified atom stereocenters. The lowest BCUT2D eigenvalue weighted by Crippen LogP contribution is -2.78. The quantitative estimate of drug-likeness (QED) is 0.398. The number of methoxy groups -OCH3 is 2. The third kappa shape index (κ3) is 2.91. The van der Waals surface area contributed by atoms with Gasteiger partial charge in [0, 0.05) is 14.2 Å². The van der Waals surface area contributed by atoms with Gasteiger partial charge in [0.1, 0.15) is 39.1 Å². The molecule has 0 bridgehead atoms. The number of hydrogen-bond donors (Lipinski definition) is 4. The topological polar surface area (TPSA) is 126 Å². The van der Waals surface area contributed by atoms with Crippen molar-refractivity contribution in [3.8, 4) is 0 Å². The van der Waals surface area contributed by atoms with E-state index in [0.717, 1.165) is 0 Å². The van der Waals surface area contributed by atoms with Crippen LogP contribution in [-0.4, -0.2) is 73.1 Å². The van der Waals surface area contributed by atoms with Crippen LogP contribution in [0.5, 0.6) is 0 Å². The van der Waals surface area contributed by atoms with Crippen molar-refractivity contribution < 1.29 is 14.6 Å². The second kappa shape index (κ2) is 6.54. The smallest absolute Gasteiger partial charge is 0.122 e. The van der Waals surface area contributed by atoms with Crippen LogP contribution in [0.15, 0.2) is 0 Å². The zero-order valence-electron chi connectivity index (χ0n) is 10.2. The summed E-state index contributed by atoms with van der Waals surface area (Å²) in [6.45, 7) is 0.174. The highest BCUT2D eigenvalue weighted by Crippen LogP contribution is 2.17. The van der Waals surface area contributed by atoms with Crippen LogP contribution < -0.4 is 17.2 Å². The highest BCUT2D eigenvalue weighted by atomic mass is 16.5. The summed E-state index contributed by atoms with van der Waals surface area (Å²) in [5, 5.41) is 9.28. The Hall–Kier alpha value is -0.360. The Bertz CT molecular complexity index is 213. The number of hydrogen-bond acceptors (Lipinski definition) is 9. The second-order valence-corrected chi connectivity index (χ2v) is 3.76. The molecule has 1 aliphatic rings. The van der Waals surface area contributed by atoms with E-state index in [-0.39, 0.29) is 20.2 Å². The Kier molecular flexibility index (Phi) is 5.66. The molecule has 1 rings (SSSR count). The number of nitrogens with zero attached hydrogens (tertiary/aromatic N) is 3. The molecule has 102 valence electrons. The van der Waals surface area contributed by atoms with Gasteiger partial charge >= 0.3 is 0 Å². The van der Waals surface area contributed by atoms with Crippen LogP contribution in [0.3, 0.4) is 0 Å². The van der Waals surface area contributed by atoms with Crippen LogP contribution in [-0.2, 0) is 9.47 Å². The number of aliphatic hydroxyl groups is 1. The molecule has 0 spiro atoms. The SMILES string of the molecule is COCN1C(N)N(CO)C(N)N(COC)C1N. The number of nitrogens with two attached hydrogens (primary N) is 3. The van der Waals surface area contributed by atoms with Gasteiger partial charge in [-0.2, -0.15) is 0 Å². The summed E-state index contributed by atoms with van der Waals surface area (Å²) in [6, 6.07) is 0. The molecular formula is C8H22N6O3. The fourth-order valence-corrected chi connectivity index (χ4v) is 1.81. The fraction of sp³-hybridized carbons (Fsp3) is 1.00. The minimum absolute atomic E-state index is 0.228. The highest BCUT2D eigenvalue weighted by molar-refractivity contribution is 4.81. The lowest BCUT2D eigenvalue weighted by Gasteiger charge is -2.52. The predicted molar refractivity (Wildman–Crippen MR) is 60.3 cm³/mol. The molecular weight excluding hydrogens is 228 g/mol.